The lowest BCUT2D eigenvalue weighted by Crippen LogP contribution is -2.07. The monoisotopic (exact) mass is 312 g/mol. The van der Waals surface area contributed by atoms with Gasteiger partial charge in [-0.3, -0.25) is 0 Å². The van der Waals surface area contributed by atoms with E-state index in [1.54, 1.807) is 12.1 Å². The summed E-state index contributed by atoms with van der Waals surface area (Å²) in [5.41, 5.74) is 0.148. The average molecular weight is 313 g/mol. The minimum Gasteiger partial charge on any atom is -0.478 e. The highest BCUT2D eigenvalue weighted by Crippen LogP contribution is 2.23. The number of halogens is 1. The number of carboxylic acid groups (broad SMARTS) is 1. The lowest BCUT2D eigenvalue weighted by Gasteiger charge is -2.04. The van der Waals surface area contributed by atoms with Crippen molar-refractivity contribution in [1.82, 2.24) is 14.8 Å². The second-order valence-corrected chi connectivity index (χ2v) is 4.04. The van der Waals surface area contributed by atoms with Gasteiger partial charge < -0.3 is 15.2 Å². The van der Waals surface area contributed by atoms with E-state index in [0.29, 0.717) is 4.47 Å². The highest BCUT2D eigenvalue weighted by Gasteiger charge is 2.20. The quantitative estimate of drug-likeness (QED) is 0.681. The third-order valence-corrected chi connectivity index (χ3v) is 2.76. The molecule has 0 bridgehead atoms. The molecule has 18 heavy (non-hydrogen) atoms. The van der Waals surface area contributed by atoms with Crippen LogP contribution in [0.25, 0.3) is 5.69 Å². The van der Waals surface area contributed by atoms with E-state index >= 15 is 0 Å². The Labute approximate surface area is 108 Å². The van der Waals surface area contributed by atoms with E-state index in [1.165, 1.54) is 6.07 Å². The van der Waals surface area contributed by atoms with Crippen molar-refractivity contribution >= 4 is 27.8 Å². The van der Waals surface area contributed by atoms with Gasteiger partial charge in [0, 0.05) is 9.57 Å². The second-order valence-electron chi connectivity index (χ2n) is 3.19. The maximum absolute atomic E-state index is 11.1. The molecule has 0 atom stereocenters. The van der Waals surface area contributed by atoms with Gasteiger partial charge in [0.2, 0.25) is 6.33 Å². The summed E-state index contributed by atoms with van der Waals surface area (Å²) in [7, 11) is 0. The normalized spacial score (nSPS) is 10.3. The van der Waals surface area contributed by atoms with Crippen LogP contribution in [0.5, 0.6) is 0 Å². The lowest BCUT2D eigenvalue weighted by molar-refractivity contribution is -0.394. The first-order valence-electron chi connectivity index (χ1n) is 4.59. The van der Waals surface area contributed by atoms with Crippen molar-refractivity contribution in [1.29, 1.82) is 0 Å². The van der Waals surface area contributed by atoms with E-state index in [9.17, 15) is 14.9 Å². The van der Waals surface area contributed by atoms with Crippen LogP contribution in [0.3, 0.4) is 0 Å². The van der Waals surface area contributed by atoms with Crippen molar-refractivity contribution in [2.24, 2.45) is 0 Å². The number of carboxylic acids is 1. The van der Waals surface area contributed by atoms with Gasteiger partial charge in [0.05, 0.1) is 5.69 Å². The molecule has 0 saturated carbocycles. The Morgan fingerprint density at radius 1 is 1.50 bits per heavy atom. The van der Waals surface area contributed by atoms with Crippen LogP contribution in [0.4, 0.5) is 5.95 Å². The van der Waals surface area contributed by atoms with Crippen molar-refractivity contribution in [3.63, 3.8) is 0 Å². The highest BCUT2D eigenvalue weighted by molar-refractivity contribution is 9.10. The molecule has 2 rings (SSSR count). The fourth-order valence-electron chi connectivity index (χ4n) is 1.37. The van der Waals surface area contributed by atoms with Gasteiger partial charge in [-0.2, -0.15) is 0 Å². The van der Waals surface area contributed by atoms with Crippen LogP contribution in [0.15, 0.2) is 29.0 Å². The van der Waals surface area contributed by atoms with Crippen molar-refractivity contribution in [3.8, 4) is 5.69 Å². The largest absolute Gasteiger partial charge is 0.491 e. The van der Waals surface area contributed by atoms with Crippen molar-refractivity contribution in [2.75, 3.05) is 0 Å². The number of aromatic nitrogens is 3. The molecule has 2 aromatic rings. The minimum absolute atomic E-state index is 0.0442. The van der Waals surface area contributed by atoms with E-state index in [1.807, 2.05) is 0 Å². The van der Waals surface area contributed by atoms with Crippen LogP contribution in [0.1, 0.15) is 10.4 Å². The van der Waals surface area contributed by atoms with Gasteiger partial charge in [0.1, 0.15) is 5.56 Å². The first-order valence-corrected chi connectivity index (χ1v) is 5.38. The molecule has 0 aliphatic rings. The van der Waals surface area contributed by atoms with Crippen molar-refractivity contribution in [2.45, 2.75) is 0 Å². The summed E-state index contributed by atoms with van der Waals surface area (Å²) in [6.45, 7) is 0. The first kappa shape index (κ1) is 12.2. The van der Waals surface area contributed by atoms with Crippen LogP contribution in [-0.4, -0.2) is 30.8 Å². The minimum atomic E-state index is -1.17. The number of aromatic carboxylic acids is 1. The Kier molecular flexibility index (Phi) is 3.06. The molecule has 1 aromatic carbocycles. The van der Waals surface area contributed by atoms with Crippen LogP contribution < -0.4 is 0 Å². The maximum Gasteiger partial charge on any atom is 0.491 e. The zero-order valence-corrected chi connectivity index (χ0v) is 10.2. The molecular formula is C9H5BrN4O4. The van der Waals surface area contributed by atoms with E-state index in [0.717, 1.165) is 11.0 Å². The summed E-state index contributed by atoms with van der Waals surface area (Å²) in [4.78, 5) is 24.3. The number of hydrogen-bond acceptors (Lipinski definition) is 5. The molecule has 0 radical (unpaired) electrons. The van der Waals surface area contributed by atoms with E-state index in [-0.39, 0.29) is 11.3 Å². The van der Waals surface area contributed by atoms with Gasteiger partial charge in [-0.05, 0) is 33.0 Å². The van der Waals surface area contributed by atoms with Crippen LogP contribution in [0, 0.1) is 10.1 Å². The SMILES string of the molecule is O=C(O)c1c(Br)cccc1-n1cnc([N+](=O)[O-])n1. The van der Waals surface area contributed by atoms with Gasteiger partial charge >= 0.3 is 11.9 Å². The third kappa shape index (κ3) is 2.07. The van der Waals surface area contributed by atoms with Gasteiger partial charge in [-0.1, -0.05) is 11.1 Å². The first-order chi connectivity index (χ1) is 8.50. The van der Waals surface area contributed by atoms with Crippen LogP contribution >= 0.6 is 15.9 Å². The molecular weight excluding hydrogens is 308 g/mol. The van der Waals surface area contributed by atoms with Gasteiger partial charge in [0.15, 0.2) is 0 Å². The highest BCUT2D eigenvalue weighted by atomic mass is 79.9. The number of nitrogens with zero attached hydrogens (tertiary/aromatic N) is 4. The second kappa shape index (κ2) is 4.53. The van der Waals surface area contributed by atoms with Crippen LogP contribution in [0.2, 0.25) is 0 Å². The Hall–Kier alpha value is -2.29. The Morgan fingerprint density at radius 3 is 2.78 bits per heavy atom. The molecule has 0 amide bonds. The fourth-order valence-corrected chi connectivity index (χ4v) is 1.89. The predicted molar refractivity (Wildman–Crippen MR) is 62.7 cm³/mol. The zero-order valence-electron chi connectivity index (χ0n) is 8.65. The van der Waals surface area contributed by atoms with Crippen molar-refractivity contribution < 1.29 is 14.8 Å². The standard InChI is InChI=1S/C9H5BrN4O4/c10-5-2-1-3-6(7(5)8(15)16)13-4-11-9(12-13)14(17)18/h1-4H,(H,15,16). The van der Waals surface area contributed by atoms with Gasteiger partial charge in [0.25, 0.3) is 0 Å². The summed E-state index contributed by atoms with van der Waals surface area (Å²) in [5.74, 6) is -1.76. The molecule has 1 heterocycles. The maximum atomic E-state index is 11.1. The smallest absolute Gasteiger partial charge is 0.478 e. The topological polar surface area (TPSA) is 111 Å². The predicted octanol–water partition coefficient (Wildman–Crippen LogP) is 1.64. The summed E-state index contributed by atoms with van der Waals surface area (Å²) in [6.07, 6.45) is 1.09. The van der Waals surface area contributed by atoms with E-state index in [4.69, 9.17) is 5.11 Å². The molecule has 92 valence electrons. The molecule has 0 aliphatic carbocycles. The molecule has 0 spiro atoms. The third-order valence-electron chi connectivity index (χ3n) is 2.10. The molecule has 1 N–H and O–H groups in total. The average Bonchev–Trinajstić information content (AvgIpc) is 2.77. The number of benzene rings is 1. The molecule has 8 nitrogen and oxygen atoms in total. The zero-order chi connectivity index (χ0) is 13.3. The number of carbonyl (C=O) groups is 1. The molecule has 0 saturated heterocycles. The summed E-state index contributed by atoms with van der Waals surface area (Å²) < 4.78 is 1.40. The summed E-state index contributed by atoms with van der Waals surface area (Å²) in [5, 5.41) is 23.2. The summed E-state index contributed by atoms with van der Waals surface area (Å²) in [6, 6.07) is 4.63. The Morgan fingerprint density at radius 2 is 2.22 bits per heavy atom. The molecule has 9 heteroatoms. The molecule has 0 aliphatic heterocycles. The fraction of sp³-hybridized carbons (Fsp3) is 0. The van der Waals surface area contributed by atoms with Crippen molar-refractivity contribution in [3.05, 3.63) is 44.7 Å². The number of hydrogen-bond donors (Lipinski definition) is 1. The van der Waals surface area contributed by atoms with Gasteiger partial charge in [-0.15, -0.1) is 4.68 Å². The molecule has 0 fully saturated rings. The Balaban J connectivity index is 2.59. The van der Waals surface area contributed by atoms with E-state index < -0.39 is 16.8 Å². The molecule has 0 unspecified atom stereocenters. The number of rotatable bonds is 3. The summed E-state index contributed by atoms with van der Waals surface area (Å²) >= 11 is 3.10. The van der Waals surface area contributed by atoms with Gasteiger partial charge in [-0.25, -0.2) is 4.79 Å². The lowest BCUT2D eigenvalue weighted by atomic mass is 10.2. The molecule has 1 aromatic heterocycles. The Bertz CT molecular complexity index is 639. The number of nitro groups is 1. The van der Waals surface area contributed by atoms with E-state index in [2.05, 4.69) is 26.0 Å². The van der Waals surface area contributed by atoms with Crippen LogP contribution in [-0.2, 0) is 0 Å².